The minimum absolute atomic E-state index is 0.0747. The summed E-state index contributed by atoms with van der Waals surface area (Å²) in [4.78, 5) is 33.9. The topological polar surface area (TPSA) is 114 Å². The van der Waals surface area contributed by atoms with Gasteiger partial charge in [0.1, 0.15) is 23.6 Å². The number of nitrogens with two attached hydrogens (primary N) is 1. The second-order valence-corrected chi connectivity index (χ2v) is 8.03. The summed E-state index contributed by atoms with van der Waals surface area (Å²) in [6, 6.07) is 16.8. The molecular weight excluding hydrogens is 432 g/mol. The summed E-state index contributed by atoms with van der Waals surface area (Å²) in [6.07, 6.45) is 4.16. The third kappa shape index (κ3) is 5.20. The Morgan fingerprint density at radius 3 is 2.44 bits per heavy atom. The summed E-state index contributed by atoms with van der Waals surface area (Å²) in [6.45, 7) is 5.14. The van der Waals surface area contributed by atoms with Crippen LogP contribution in [0.4, 0.5) is 11.6 Å². The molecule has 174 valence electrons. The number of piperidine rings is 1. The Balaban J connectivity index is 1.52. The number of nitrogens with zero attached hydrogens (tertiary/aromatic N) is 5. The third-order valence-corrected chi connectivity index (χ3v) is 5.85. The largest absolute Gasteiger partial charge is 0.457 e. The van der Waals surface area contributed by atoms with Gasteiger partial charge in [-0.2, -0.15) is 0 Å². The molecule has 0 saturated carbocycles. The zero-order valence-electron chi connectivity index (χ0n) is 18.7. The van der Waals surface area contributed by atoms with Crippen molar-refractivity contribution in [3.8, 4) is 22.6 Å². The maximum Gasteiger partial charge on any atom is 0.245 e. The second kappa shape index (κ2) is 10.6. The molecule has 0 aliphatic carbocycles. The lowest BCUT2D eigenvalue weighted by atomic mass is 9.96. The average Bonchev–Trinajstić information content (AvgIpc) is 2.88. The van der Waals surface area contributed by atoms with Crippen LogP contribution in [0.25, 0.3) is 11.1 Å². The number of para-hydroxylation sites is 1. The van der Waals surface area contributed by atoms with Gasteiger partial charge in [-0.05, 0) is 54.7 Å². The molecule has 4 rings (SSSR count). The van der Waals surface area contributed by atoms with E-state index < -0.39 is 0 Å². The van der Waals surface area contributed by atoms with E-state index in [1.165, 1.54) is 17.4 Å². The fourth-order valence-corrected chi connectivity index (χ4v) is 4.04. The maximum absolute atomic E-state index is 11.8. The Hall–Kier alpha value is -4.27. The standard InChI is InChI=1S/C25H26N6O3/c1-2-22(32)30-14-12-18(13-15-30)16-31(29-33)25-23(24(26)27-17-28-25)19-8-10-21(11-9-19)34-20-6-4-3-5-7-20/h2-11,17-18H,1,12-16H2,(H2,26,27,28). The normalized spacial score (nSPS) is 13.8. The number of hydrogen-bond acceptors (Lipinski definition) is 7. The molecule has 2 heterocycles. The summed E-state index contributed by atoms with van der Waals surface area (Å²) < 4.78 is 5.86. The molecule has 2 N–H and O–H groups in total. The highest BCUT2D eigenvalue weighted by molar-refractivity contribution is 5.87. The van der Waals surface area contributed by atoms with Crippen LogP contribution in [0.2, 0.25) is 0 Å². The number of carbonyl (C=O) groups excluding carboxylic acids is 1. The molecule has 0 bridgehead atoms. The Morgan fingerprint density at radius 2 is 1.79 bits per heavy atom. The summed E-state index contributed by atoms with van der Waals surface area (Å²) in [7, 11) is 0. The molecule has 0 radical (unpaired) electrons. The molecule has 0 atom stereocenters. The van der Waals surface area contributed by atoms with Crippen LogP contribution < -0.4 is 15.5 Å². The van der Waals surface area contributed by atoms with Crippen molar-refractivity contribution in [2.45, 2.75) is 12.8 Å². The second-order valence-electron chi connectivity index (χ2n) is 8.03. The van der Waals surface area contributed by atoms with E-state index in [-0.39, 0.29) is 17.6 Å². The highest BCUT2D eigenvalue weighted by Gasteiger charge is 2.26. The third-order valence-electron chi connectivity index (χ3n) is 5.85. The van der Waals surface area contributed by atoms with Gasteiger partial charge >= 0.3 is 0 Å². The Labute approximate surface area is 197 Å². The zero-order chi connectivity index (χ0) is 23.9. The number of rotatable bonds is 8. The minimum Gasteiger partial charge on any atom is -0.457 e. The predicted octanol–water partition coefficient (Wildman–Crippen LogP) is 4.43. The first-order chi connectivity index (χ1) is 16.6. The molecule has 1 fully saturated rings. The van der Waals surface area contributed by atoms with E-state index in [4.69, 9.17) is 10.5 Å². The van der Waals surface area contributed by atoms with Crippen molar-refractivity contribution >= 4 is 17.5 Å². The first kappa shape index (κ1) is 22.9. The van der Waals surface area contributed by atoms with Crippen LogP contribution in [-0.4, -0.2) is 40.4 Å². The molecule has 0 unspecified atom stereocenters. The van der Waals surface area contributed by atoms with Gasteiger partial charge in [-0.25, -0.2) is 15.0 Å². The molecule has 1 aliphatic heterocycles. The van der Waals surface area contributed by atoms with E-state index in [0.717, 1.165) is 24.2 Å². The average molecular weight is 459 g/mol. The number of carbonyl (C=O) groups is 1. The molecule has 9 nitrogen and oxygen atoms in total. The fourth-order valence-electron chi connectivity index (χ4n) is 4.04. The lowest BCUT2D eigenvalue weighted by Gasteiger charge is -2.32. The van der Waals surface area contributed by atoms with Crippen molar-refractivity contribution < 1.29 is 9.53 Å². The van der Waals surface area contributed by atoms with Crippen molar-refractivity contribution in [1.29, 1.82) is 0 Å². The van der Waals surface area contributed by atoms with Crippen molar-refractivity contribution in [1.82, 2.24) is 14.9 Å². The number of nitrogen functional groups attached to an aromatic ring is 1. The number of amides is 1. The van der Waals surface area contributed by atoms with Crippen molar-refractivity contribution in [2.75, 3.05) is 30.4 Å². The number of benzene rings is 2. The van der Waals surface area contributed by atoms with Crippen LogP contribution in [0.1, 0.15) is 12.8 Å². The van der Waals surface area contributed by atoms with E-state index in [2.05, 4.69) is 21.8 Å². The van der Waals surface area contributed by atoms with Gasteiger partial charge in [0.25, 0.3) is 0 Å². The molecule has 3 aromatic rings. The monoisotopic (exact) mass is 458 g/mol. The zero-order valence-corrected chi connectivity index (χ0v) is 18.7. The van der Waals surface area contributed by atoms with Gasteiger partial charge in [-0.15, -0.1) is 4.91 Å². The van der Waals surface area contributed by atoms with Gasteiger partial charge < -0.3 is 15.4 Å². The minimum atomic E-state index is -0.0747. The van der Waals surface area contributed by atoms with Crippen LogP contribution in [0.3, 0.4) is 0 Å². The van der Waals surface area contributed by atoms with Crippen LogP contribution >= 0.6 is 0 Å². The molecular formula is C25H26N6O3. The molecule has 1 amide bonds. The highest BCUT2D eigenvalue weighted by Crippen LogP contribution is 2.35. The predicted molar refractivity (Wildman–Crippen MR) is 131 cm³/mol. The summed E-state index contributed by atoms with van der Waals surface area (Å²) >= 11 is 0. The molecule has 2 aromatic carbocycles. The molecule has 1 saturated heterocycles. The maximum atomic E-state index is 11.8. The van der Waals surface area contributed by atoms with Gasteiger partial charge in [-0.1, -0.05) is 36.9 Å². The van der Waals surface area contributed by atoms with E-state index in [1.54, 1.807) is 4.90 Å². The molecule has 9 heteroatoms. The van der Waals surface area contributed by atoms with Crippen molar-refractivity contribution in [3.63, 3.8) is 0 Å². The number of nitroso groups, excluding NO2 is 1. The number of likely N-dealkylation sites (tertiary alicyclic amines) is 1. The smallest absolute Gasteiger partial charge is 0.245 e. The number of aromatic nitrogens is 2. The SMILES string of the molecule is C=CC(=O)N1CCC(CN(N=O)c2ncnc(N)c2-c2ccc(Oc3ccccc3)cc2)CC1. The van der Waals surface area contributed by atoms with E-state index >= 15 is 0 Å². The van der Waals surface area contributed by atoms with Gasteiger partial charge in [0.15, 0.2) is 5.82 Å². The Bertz CT molecular complexity index is 1150. The molecule has 0 spiro atoms. The molecule has 1 aromatic heterocycles. The number of anilines is 2. The highest BCUT2D eigenvalue weighted by atomic mass is 16.5. The van der Waals surface area contributed by atoms with Gasteiger partial charge in [-0.3, -0.25) is 4.79 Å². The van der Waals surface area contributed by atoms with Crippen molar-refractivity contribution in [2.24, 2.45) is 11.2 Å². The van der Waals surface area contributed by atoms with Crippen LogP contribution in [0.15, 0.2) is 78.9 Å². The lowest BCUT2D eigenvalue weighted by Crippen LogP contribution is -2.40. The molecule has 34 heavy (non-hydrogen) atoms. The quantitative estimate of drug-likeness (QED) is 0.302. The van der Waals surface area contributed by atoms with E-state index in [1.807, 2.05) is 54.6 Å². The van der Waals surface area contributed by atoms with Gasteiger partial charge in [0.05, 0.1) is 10.8 Å². The number of ether oxygens (including phenoxy) is 1. The van der Waals surface area contributed by atoms with E-state index in [9.17, 15) is 9.70 Å². The van der Waals surface area contributed by atoms with E-state index in [0.29, 0.717) is 36.8 Å². The fraction of sp³-hybridized carbons (Fsp3) is 0.240. The first-order valence-corrected chi connectivity index (χ1v) is 11.0. The summed E-state index contributed by atoms with van der Waals surface area (Å²) in [5.41, 5.74) is 7.48. The lowest BCUT2D eigenvalue weighted by molar-refractivity contribution is -0.127. The van der Waals surface area contributed by atoms with Gasteiger partial charge in [0.2, 0.25) is 5.91 Å². The van der Waals surface area contributed by atoms with Crippen LogP contribution in [-0.2, 0) is 4.79 Å². The van der Waals surface area contributed by atoms with Crippen LogP contribution in [0.5, 0.6) is 11.5 Å². The van der Waals surface area contributed by atoms with Crippen molar-refractivity contribution in [3.05, 3.63) is 78.5 Å². The van der Waals surface area contributed by atoms with Gasteiger partial charge in [0, 0.05) is 19.6 Å². The first-order valence-electron chi connectivity index (χ1n) is 11.0. The van der Waals surface area contributed by atoms with Crippen LogP contribution in [0, 0.1) is 10.8 Å². The Morgan fingerprint density at radius 1 is 1.12 bits per heavy atom. The summed E-state index contributed by atoms with van der Waals surface area (Å²) in [5, 5.41) is 4.57. The Kier molecular flexibility index (Phi) is 7.12. The number of hydrogen-bond donors (Lipinski definition) is 1. The molecule has 1 aliphatic rings. The summed E-state index contributed by atoms with van der Waals surface area (Å²) in [5.74, 6) is 2.10.